The number of aromatic nitrogens is 3. The predicted molar refractivity (Wildman–Crippen MR) is 108 cm³/mol. The van der Waals surface area contributed by atoms with Crippen molar-refractivity contribution in [1.29, 1.82) is 0 Å². The van der Waals surface area contributed by atoms with Crippen LogP contribution in [0.5, 0.6) is 0 Å². The van der Waals surface area contributed by atoms with Gasteiger partial charge in [0.05, 0.1) is 12.2 Å². The van der Waals surface area contributed by atoms with E-state index in [1.165, 1.54) is 18.5 Å². The minimum atomic E-state index is -0.260. The van der Waals surface area contributed by atoms with E-state index < -0.39 is 0 Å². The first kappa shape index (κ1) is 18.8. The SMILES string of the molecule is O=C(NCc1ccccn1)c1cc(N2CCN(c3ccc(F)cc3)CC2)ncn1. The second-order valence-corrected chi connectivity index (χ2v) is 6.72. The molecule has 148 valence electrons. The van der Waals surface area contributed by atoms with Crippen molar-refractivity contribution in [3.63, 3.8) is 0 Å². The maximum atomic E-state index is 13.1. The molecule has 0 spiro atoms. The minimum absolute atomic E-state index is 0.234. The predicted octanol–water partition coefficient (Wildman–Crippen LogP) is 2.27. The first-order valence-corrected chi connectivity index (χ1v) is 9.45. The summed E-state index contributed by atoms with van der Waals surface area (Å²) < 4.78 is 13.1. The van der Waals surface area contributed by atoms with Gasteiger partial charge in [0.1, 0.15) is 23.7 Å². The molecule has 1 fully saturated rings. The molecule has 1 amide bonds. The molecule has 1 N–H and O–H groups in total. The number of amides is 1. The van der Waals surface area contributed by atoms with Crippen LogP contribution in [-0.4, -0.2) is 47.0 Å². The molecule has 0 bridgehead atoms. The number of rotatable bonds is 5. The third-order valence-corrected chi connectivity index (χ3v) is 4.84. The lowest BCUT2D eigenvalue weighted by molar-refractivity contribution is 0.0945. The Morgan fingerprint density at radius 2 is 1.72 bits per heavy atom. The van der Waals surface area contributed by atoms with E-state index in [9.17, 15) is 9.18 Å². The largest absolute Gasteiger partial charge is 0.368 e. The lowest BCUT2D eigenvalue weighted by atomic mass is 10.2. The molecule has 3 heterocycles. The fraction of sp³-hybridized carbons (Fsp3) is 0.238. The van der Waals surface area contributed by atoms with Crippen LogP contribution in [0.1, 0.15) is 16.2 Å². The Hall–Kier alpha value is -3.55. The summed E-state index contributed by atoms with van der Waals surface area (Å²) in [7, 11) is 0. The standard InChI is InChI=1S/C21H21FN6O/c22-16-4-6-18(7-5-16)27-9-11-28(12-10-27)20-13-19(25-15-26-20)21(29)24-14-17-3-1-2-8-23-17/h1-8,13,15H,9-12,14H2,(H,24,29). The van der Waals surface area contributed by atoms with Gasteiger partial charge in [-0.15, -0.1) is 0 Å². The highest BCUT2D eigenvalue weighted by Gasteiger charge is 2.20. The van der Waals surface area contributed by atoms with Crippen molar-refractivity contribution in [3.05, 3.63) is 78.3 Å². The molecule has 3 aromatic rings. The van der Waals surface area contributed by atoms with Gasteiger partial charge in [-0.2, -0.15) is 0 Å². The molecule has 4 rings (SSSR count). The second-order valence-electron chi connectivity index (χ2n) is 6.72. The van der Waals surface area contributed by atoms with E-state index in [2.05, 4.69) is 30.1 Å². The monoisotopic (exact) mass is 392 g/mol. The highest BCUT2D eigenvalue weighted by atomic mass is 19.1. The number of carbonyl (C=O) groups is 1. The van der Waals surface area contributed by atoms with E-state index in [0.29, 0.717) is 12.2 Å². The van der Waals surface area contributed by atoms with Crippen molar-refractivity contribution in [2.45, 2.75) is 6.54 Å². The van der Waals surface area contributed by atoms with Crippen LogP contribution in [0.25, 0.3) is 0 Å². The van der Waals surface area contributed by atoms with Crippen LogP contribution in [0.15, 0.2) is 61.1 Å². The number of halogens is 1. The van der Waals surface area contributed by atoms with E-state index in [1.54, 1.807) is 24.4 Å². The van der Waals surface area contributed by atoms with Crippen molar-refractivity contribution >= 4 is 17.4 Å². The Balaban J connectivity index is 1.36. The average Bonchev–Trinajstić information content (AvgIpc) is 2.79. The van der Waals surface area contributed by atoms with Crippen molar-refractivity contribution in [1.82, 2.24) is 20.3 Å². The Kier molecular flexibility index (Phi) is 5.60. The number of anilines is 2. The second kappa shape index (κ2) is 8.64. The van der Waals surface area contributed by atoms with Gasteiger partial charge in [0.15, 0.2) is 0 Å². The van der Waals surface area contributed by atoms with Crippen LogP contribution in [0, 0.1) is 5.82 Å². The molecular formula is C21H21FN6O. The average molecular weight is 392 g/mol. The van der Waals surface area contributed by atoms with Gasteiger partial charge in [-0.25, -0.2) is 14.4 Å². The third-order valence-electron chi connectivity index (χ3n) is 4.84. The van der Waals surface area contributed by atoms with Crippen LogP contribution in [-0.2, 0) is 6.54 Å². The molecule has 1 aliphatic rings. The summed E-state index contributed by atoms with van der Waals surface area (Å²) in [6.45, 7) is 3.43. The summed E-state index contributed by atoms with van der Waals surface area (Å²) in [5.41, 5.74) is 2.11. The van der Waals surface area contributed by atoms with Crippen LogP contribution < -0.4 is 15.1 Å². The zero-order valence-corrected chi connectivity index (χ0v) is 15.8. The summed E-state index contributed by atoms with van der Waals surface area (Å²) in [4.78, 5) is 29.4. The molecule has 0 atom stereocenters. The number of piperazine rings is 1. The summed E-state index contributed by atoms with van der Waals surface area (Å²) in [5, 5.41) is 2.83. The van der Waals surface area contributed by atoms with Crippen molar-refractivity contribution in [2.75, 3.05) is 36.0 Å². The Morgan fingerprint density at radius 1 is 0.966 bits per heavy atom. The van der Waals surface area contributed by atoms with E-state index in [-0.39, 0.29) is 11.7 Å². The number of hydrogen-bond acceptors (Lipinski definition) is 6. The first-order chi connectivity index (χ1) is 14.2. The van der Waals surface area contributed by atoms with Gasteiger partial charge < -0.3 is 15.1 Å². The zero-order valence-electron chi connectivity index (χ0n) is 15.8. The van der Waals surface area contributed by atoms with Gasteiger partial charge >= 0.3 is 0 Å². The van der Waals surface area contributed by atoms with Crippen LogP contribution in [0.3, 0.4) is 0 Å². The minimum Gasteiger partial charge on any atom is -0.368 e. The quantitative estimate of drug-likeness (QED) is 0.718. The number of carbonyl (C=O) groups excluding carboxylic acids is 1. The van der Waals surface area contributed by atoms with E-state index in [1.807, 2.05) is 18.2 Å². The molecule has 0 unspecified atom stereocenters. The summed E-state index contributed by atoms with van der Waals surface area (Å²) in [6.07, 6.45) is 3.10. The van der Waals surface area contributed by atoms with Crippen LogP contribution in [0.2, 0.25) is 0 Å². The third kappa shape index (κ3) is 4.66. The summed E-state index contributed by atoms with van der Waals surface area (Å²) in [5.74, 6) is 0.230. The lowest BCUT2D eigenvalue weighted by Crippen LogP contribution is -2.47. The van der Waals surface area contributed by atoms with E-state index in [4.69, 9.17) is 0 Å². The molecule has 1 saturated heterocycles. The number of pyridine rings is 1. The number of hydrogen-bond donors (Lipinski definition) is 1. The van der Waals surface area contributed by atoms with Crippen LogP contribution >= 0.6 is 0 Å². The zero-order chi connectivity index (χ0) is 20.1. The molecule has 0 saturated carbocycles. The van der Waals surface area contributed by atoms with E-state index >= 15 is 0 Å². The highest BCUT2D eigenvalue weighted by molar-refractivity contribution is 5.92. The van der Waals surface area contributed by atoms with Gasteiger partial charge in [0, 0.05) is 44.1 Å². The summed E-state index contributed by atoms with van der Waals surface area (Å²) >= 11 is 0. The van der Waals surface area contributed by atoms with Gasteiger partial charge in [0.25, 0.3) is 5.91 Å². The fourth-order valence-corrected chi connectivity index (χ4v) is 3.25. The Morgan fingerprint density at radius 3 is 2.45 bits per heavy atom. The maximum absolute atomic E-state index is 13.1. The lowest BCUT2D eigenvalue weighted by Gasteiger charge is -2.36. The summed E-state index contributed by atoms with van der Waals surface area (Å²) in [6, 6.07) is 13.8. The van der Waals surface area contributed by atoms with Crippen molar-refractivity contribution in [3.8, 4) is 0 Å². The number of benzene rings is 1. The molecule has 0 aliphatic carbocycles. The smallest absolute Gasteiger partial charge is 0.270 e. The van der Waals surface area contributed by atoms with Gasteiger partial charge in [-0.1, -0.05) is 6.07 Å². The molecule has 0 radical (unpaired) electrons. The Bertz CT molecular complexity index is 958. The number of nitrogens with one attached hydrogen (secondary N) is 1. The van der Waals surface area contributed by atoms with Crippen molar-refractivity contribution in [2.24, 2.45) is 0 Å². The van der Waals surface area contributed by atoms with Gasteiger partial charge in [-0.05, 0) is 36.4 Å². The molecular weight excluding hydrogens is 371 g/mol. The molecule has 2 aromatic heterocycles. The Labute approximate surface area is 168 Å². The number of nitrogens with zero attached hydrogens (tertiary/aromatic N) is 5. The first-order valence-electron chi connectivity index (χ1n) is 9.45. The molecule has 8 heteroatoms. The normalized spacial score (nSPS) is 14.0. The van der Waals surface area contributed by atoms with Crippen LogP contribution in [0.4, 0.5) is 15.9 Å². The van der Waals surface area contributed by atoms with E-state index in [0.717, 1.165) is 43.4 Å². The molecule has 1 aromatic carbocycles. The maximum Gasteiger partial charge on any atom is 0.270 e. The fourth-order valence-electron chi connectivity index (χ4n) is 3.25. The van der Waals surface area contributed by atoms with Gasteiger partial charge in [-0.3, -0.25) is 9.78 Å². The highest BCUT2D eigenvalue weighted by Crippen LogP contribution is 2.19. The molecule has 1 aliphatic heterocycles. The van der Waals surface area contributed by atoms with Crippen molar-refractivity contribution < 1.29 is 9.18 Å². The molecule has 7 nitrogen and oxygen atoms in total. The van der Waals surface area contributed by atoms with Gasteiger partial charge in [0.2, 0.25) is 0 Å². The topological polar surface area (TPSA) is 74.2 Å². The molecule has 29 heavy (non-hydrogen) atoms.